The van der Waals surface area contributed by atoms with Crippen molar-refractivity contribution in [2.75, 3.05) is 17.1 Å². The fourth-order valence-electron chi connectivity index (χ4n) is 2.52. The quantitative estimate of drug-likeness (QED) is 0.561. The molecule has 9 heteroatoms. The van der Waals surface area contributed by atoms with Gasteiger partial charge in [0, 0.05) is 17.9 Å². The van der Waals surface area contributed by atoms with Crippen LogP contribution in [0.2, 0.25) is 0 Å². The molecule has 0 spiro atoms. The normalized spacial score (nSPS) is 10.8. The highest BCUT2D eigenvalue weighted by Gasteiger charge is 2.19. The number of rotatable bonds is 6. The van der Waals surface area contributed by atoms with Gasteiger partial charge in [-0.15, -0.1) is 0 Å². The third kappa shape index (κ3) is 4.93. The number of amides is 1. The molecule has 0 heterocycles. The van der Waals surface area contributed by atoms with Gasteiger partial charge in [-0.25, -0.2) is 8.42 Å². The highest BCUT2D eigenvalue weighted by Crippen LogP contribution is 2.31. The summed E-state index contributed by atoms with van der Waals surface area (Å²) in [4.78, 5) is 12.0. The van der Waals surface area contributed by atoms with Crippen LogP contribution < -0.4 is 14.8 Å². The van der Waals surface area contributed by atoms with Crippen LogP contribution in [-0.2, 0) is 14.8 Å². The predicted molar refractivity (Wildman–Crippen MR) is 105 cm³/mol. The van der Waals surface area contributed by atoms with Gasteiger partial charge in [0.1, 0.15) is 11.2 Å². The number of nitrogens with one attached hydrogen (secondary N) is 2. The molecule has 0 aliphatic rings. The van der Waals surface area contributed by atoms with Crippen LogP contribution in [0.3, 0.4) is 0 Å². The Kier molecular flexibility index (Phi) is 6.36. The van der Waals surface area contributed by atoms with Crippen molar-refractivity contribution in [1.29, 1.82) is 5.26 Å². The second-order valence-electron chi connectivity index (χ2n) is 5.77. The summed E-state index contributed by atoms with van der Waals surface area (Å²) in [6.45, 7) is 4.89. The second-order valence-corrected chi connectivity index (χ2v) is 8.31. The zero-order chi connectivity index (χ0) is 20.2. The van der Waals surface area contributed by atoms with Gasteiger partial charge in [-0.05, 0) is 61.0 Å². The van der Waals surface area contributed by atoms with Crippen LogP contribution in [0.5, 0.6) is 5.75 Å². The maximum Gasteiger partial charge on any atom is 0.262 e. The summed E-state index contributed by atoms with van der Waals surface area (Å²) in [5, 5.41) is 13.4. The van der Waals surface area contributed by atoms with E-state index >= 15 is 0 Å². The van der Waals surface area contributed by atoms with Crippen molar-refractivity contribution in [2.45, 2.75) is 30.6 Å². The standard InChI is InChI=1S/C18H19N3O4S2/c1-11-7-14(26-10-19)8-12(2)18(11)21-27(23,24)15-5-6-16(20-13(3)22)17(9-15)25-4/h5-9,21H,1-4H3,(H,20,22). The fourth-order valence-corrected chi connectivity index (χ4v) is 4.32. The average molecular weight is 406 g/mol. The zero-order valence-electron chi connectivity index (χ0n) is 15.3. The molecule has 0 unspecified atom stereocenters. The highest BCUT2D eigenvalue weighted by atomic mass is 32.2. The van der Waals surface area contributed by atoms with E-state index in [0.29, 0.717) is 22.5 Å². The van der Waals surface area contributed by atoms with Crippen LogP contribution >= 0.6 is 11.8 Å². The SMILES string of the molecule is COc1cc(S(=O)(=O)Nc2c(C)cc(SC#N)cc2C)ccc1NC(C)=O. The number of ether oxygens (including phenoxy) is 1. The lowest BCUT2D eigenvalue weighted by atomic mass is 10.1. The van der Waals surface area contributed by atoms with E-state index in [-0.39, 0.29) is 16.6 Å². The summed E-state index contributed by atoms with van der Waals surface area (Å²) in [6.07, 6.45) is 0. The molecular weight excluding hydrogens is 386 g/mol. The average Bonchev–Trinajstić information content (AvgIpc) is 2.58. The smallest absolute Gasteiger partial charge is 0.262 e. The van der Waals surface area contributed by atoms with E-state index in [4.69, 9.17) is 10.00 Å². The summed E-state index contributed by atoms with van der Waals surface area (Å²) in [6, 6.07) is 7.71. The number of hydrogen-bond acceptors (Lipinski definition) is 6. The molecule has 0 aliphatic heterocycles. The lowest BCUT2D eigenvalue weighted by Crippen LogP contribution is -2.15. The summed E-state index contributed by atoms with van der Waals surface area (Å²) >= 11 is 1.02. The first-order chi connectivity index (χ1) is 12.7. The lowest BCUT2D eigenvalue weighted by Gasteiger charge is -2.16. The first kappa shape index (κ1) is 20.6. The van der Waals surface area contributed by atoms with E-state index in [0.717, 1.165) is 16.7 Å². The lowest BCUT2D eigenvalue weighted by molar-refractivity contribution is -0.114. The molecule has 0 radical (unpaired) electrons. The Bertz CT molecular complexity index is 1000. The number of aryl methyl sites for hydroxylation is 2. The highest BCUT2D eigenvalue weighted by molar-refractivity contribution is 8.03. The number of methoxy groups -OCH3 is 1. The first-order valence-electron chi connectivity index (χ1n) is 7.83. The molecule has 2 aromatic rings. The van der Waals surface area contributed by atoms with E-state index in [9.17, 15) is 13.2 Å². The molecule has 7 nitrogen and oxygen atoms in total. The van der Waals surface area contributed by atoms with Crippen molar-refractivity contribution in [3.05, 3.63) is 41.5 Å². The number of thioether (sulfide) groups is 1. The zero-order valence-corrected chi connectivity index (χ0v) is 16.9. The van der Waals surface area contributed by atoms with Gasteiger partial charge in [-0.1, -0.05) is 0 Å². The van der Waals surface area contributed by atoms with E-state index < -0.39 is 10.0 Å². The van der Waals surface area contributed by atoms with Crippen LogP contribution in [0.1, 0.15) is 18.1 Å². The summed E-state index contributed by atoms with van der Waals surface area (Å²) in [5.74, 6) is -0.0501. The molecule has 2 aromatic carbocycles. The Labute approximate surface area is 162 Å². The maximum atomic E-state index is 12.8. The summed E-state index contributed by atoms with van der Waals surface area (Å²) in [7, 11) is -2.48. The minimum atomic E-state index is -3.88. The van der Waals surface area contributed by atoms with Gasteiger partial charge in [0.2, 0.25) is 5.91 Å². The Morgan fingerprint density at radius 2 is 1.81 bits per heavy atom. The number of hydrogen-bond donors (Lipinski definition) is 2. The molecule has 0 bridgehead atoms. The molecule has 2 N–H and O–H groups in total. The van der Waals surface area contributed by atoms with Gasteiger partial charge in [0.25, 0.3) is 10.0 Å². The van der Waals surface area contributed by atoms with Crippen LogP contribution in [0.15, 0.2) is 40.1 Å². The van der Waals surface area contributed by atoms with Crippen LogP contribution in [-0.4, -0.2) is 21.4 Å². The van der Waals surface area contributed by atoms with Crippen molar-refractivity contribution in [3.63, 3.8) is 0 Å². The molecule has 0 saturated carbocycles. The van der Waals surface area contributed by atoms with Crippen molar-refractivity contribution in [2.24, 2.45) is 0 Å². The Balaban J connectivity index is 2.40. The van der Waals surface area contributed by atoms with Crippen LogP contribution in [0.25, 0.3) is 0 Å². The van der Waals surface area contributed by atoms with Gasteiger partial charge < -0.3 is 10.1 Å². The molecule has 0 aromatic heterocycles. The molecule has 2 rings (SSSR count). The fraction of sp³-hybridized carbons (Fsp3) is 0.222. The topological polar surface area (TPSA) is 108 Å². The van der Waals surface area contributed by atoms with E-state index in [1.165, 1.54) is 32.2 Å². The van der Waals surface area contributed by atoms with Gasteiger partial charge in [0.05, 0.1) is 23.4 Å². The van der Waals surface area contributed by atoms with Gasteiger partial charge in [-0.2, -0.15) is 5.26 Å². The van der Waals surface area contributed by atoms with E-state index in [1.807, 2.05) is 5.40 Å². The van der Waals surface area contributed by atoms with Crippen molar-refractivity contribution >= 4 is 39.1 Å². The molecule has 0 saturated heterocycles. The Hall–Kier alpha value is -2.70. The third-order valence-corrected chi connectivity index (χ3v) is 5.61. The largest absolute Gasteiger partial charge is 0.495 e. The summed E-state index contributed by atoms with van der Waals surface area (Å²) in [5.41, 5.74) is 2.26. The minimum Gasteiger partial charge on any atom is -0.495 e. The maximum absolute atomic E-state index is 12.8. The third-order valence-electron chi connectivity index (χ3n) is 3.70. The molecule has 0 aliphatic carbocycles. The van der Waals surface area contributed by atoms with E-state index in [1.54, 1.807) is 26.0 Å². The monoisotopic (exact) mass is 405 g/mol. The number of thiocyanates is 1. The van der Waals surface area contributed by atoms with Crippen molar-refractivity contribution in [3.8, 4) is 11.2 Å². The molecular formula is C18H19N3O4S2. The molecule has 142 valence electrons. The van der Waals surface area contributed by atoms with Crippen molar-refractivity contribution in [1.82, 2.24) is 0 Å². The predicted octanol–water partition coefficient (Wildman–Crippen LogP) is 3.64. The Morgan fingerprint density at radius 1 is 1.19 bits per heavy atom. The number of anilines is 2. The number of nitrogens with zero attached hydrogens (tertiary/aromatic N) is 1. The number of carbonyl (C=O) groups excluding carboxylic acids is 1. The number of benzene rings is 2. The van der Waals surface area contributed by atoms with Gasteiger partial charge in [0.15, 0.2) is 0 Å². The molecule has 0 fully saturated rings. The number of nitriles is 1. The number of sulfonamides is 1. The number of carbonyl (C=O) groups is 1. The van der Waals surface area contributed by atoms with Crippen molar-refractivity contribution < 1.29 is 17.9 Å². The van der Waals surface area contributed by atoms with Crippen LogP contribution in [0, 0.1) is 24.5 Å². The molecule has 1 amide bonds. The minimum absolute atomic E-state index is 0.00253. The van der Waals surface area contributed by atoms with Gasteiger partial charge in [-0.3, -0.25) is 9.52 Å². The second kappa shape index (κ2) is 8.33. The Morgan fingerprint density at radius 3 is 2.33 bits per heavy atom. The summed E-state index contributed by atoms with van der Waals surface area (Å²) < 4.78 is 33.4. The first-order valence-corrected chi connectivity index (χ1v) is 10.1. The molecule has 0 atom stereocenters. The van der Waals surface area contributed by atoms with E-state index in [2.05, 4.69) is 10.0 Å². The van der Waals surface area contributed by atoms with Crippen LogP contribution in [0.4, 0.5) is 11.4 Å². The molecule has 27 heavy (non-hydrogen) atoms. The van der Waals surface area contributed by atoms with Gasteiger partial charge >= 0.3 is 0 Å².